The lowest BCUT2D eigenvalue weighted by atomic mass is 10.4. The molecular formula is C13H14N2O4. The highest BCUT2D eigenvalue weighted by Crippen LogP contribution is 2.08. The van der Waals surface area contributed by atoms with Crippen LogP contribution >= 0.6 is 0 Å². The minimum Gasteiger partial charge on any atom is -0.454 e. The Balaban J connectivity index is 2.07. The predicted molar refractivity (Wildman–Crippen MR) is 67.6 cm³/mol. The van der Waals surface area contributed by atoms with E-state index in [-0.39, 0.29) is 17.9 Å². The summed E-state index contributed by atoms with van der Waals surface area (Å²) in [4.78, 5) is 27.8. The van der Waals surface area contributed by atoms with Crippen molar-refractivity contribution in [3.63, 3.8) is 0 Å². The standard InChI is InChI=1S/C13H14N2O4/c1-2-18-14-13(17)11-7-6-10(19-11)9-15-8-4-3-5-12(15)16/h3-8H,2,9H2,1H3,(H,14,17). The van der Waals surface area contributed by atoms with Gasteiger partial charge in [-0.2, -0.15) is 0 Å². The van der Waals surface area contributed by atoms with Gasteiger partial charge in [0.25, 0.3) is 5.56 Å². The van der Waals surface area contributed by atoms with Crippen LogP contribution in [0.5, 0.6) is 0 Å². The topological polar surface area (TPSA) is 73.5 Å². The highest BCUT2D eigenvalue weighted by molar-refractivity contribution is 5.90. The van der Waals surface area contributed by atoms with Crippen molar-refractivity contribution in [3.05, 3.63) is 58.4 Å². The molecule has 2 heterocycles. The van der Waals surface area contributed by atoms with Crippen molar-refractivity contribution in [2.45, 2.75) is 13.5 Å². The van der Waals surface area contributed by atoms with E-state index >= 15 is 0 Å². The summed E-state index contributed by atoms with van der Waals surface area (Å²) in [5.41, 5.74) is 2.11. The number of carbonyl (C=O) groups excluding carboxylic acids is 1. The number of aromatic nitrogens is 1. The van der Waals surface area contributed by atoms with Crippen molar-refractivity contribution in [2.24, 2.45) is 0 Å². The zero-order chi connectivity index (χ0) is 13.7. The molecule has 0 aromatic carbocycles. The maximum Gasteiger partial charge on any atom is 0.310 e. The molecule has 1 amide bonds. The molecule has 0 saturated carbocycles. The predicted octanol–water partition coefficient (Wildman–Crippen LogP) is 1.17. The van der Waals surface area contributed by atoms with Gasteiger partial charge in [-0.15, -0.1) is 0 Å². The Morgan fingerprint density at radius 2 is 2.21 bits per heavy atom. The highest BCUT2D eigenvalue weighted by atomic mass is 16.7. The van der Waals surface area contributed by atoms with Crippen LogP contribution in [0.2, 0.25) is 0 Å². The fraction of sp³-hybridized carbons (Fsp3) is 0.231. The summed E-state index contributed by atoms with van der Waals surface area (Å²) < 4.78 is 6.84. The lowest BCUT2D eigenvalue weighted by Gasteiger charge is -2.02. The van der Waals surface area contributed by atoms with E-state index in [2.05, 4.69) is 5.48 Å². The van der Waals surface area contributed by atoms with E-state index < -0.39 is 5.91 Å². The minimum absolute atomic E-state index is 0.126. The molecule has 2 aromatic heterocycles. The molecular weight excluding hydrogens is 248 g/mol. The van der Waals surface area contributed by atoms with Crippen molar-refractivity contribution in [3.8, 4) is 0 Å². The molecule has 0 fully saturated rings. The van der Waals surface area contributed by atoms with E-state index in [1.54, 1.807) is 31.3 Å². The number of rotatable bonds is 5. The maximum atomic E-state index is 11.5. The molecule has 0 radical (unpaired) electrons. The number of hydroxylamine groups is 1. The Labute approximate surface area is 109 Å². The van der Waals surface area contributed by atoms with Crippen LogP contribution in [0.3, 0.4) is 0 Å². The van der Waals surface area contributed by atoms with E-state index in [0.29, 0.717) is 12.4 Å². The lowest BCUT2D eigenvalue weighted by molar-refractivity contribution is 0.0339. The number of hydrogen-bond acceptors (Lipinski definition) is 4. The second-order valence-corrected chi connectivity index (χ2v) is 3.80. The summed E-state index contributed by atoms with van der Waals surface area (Å²) in [5, 5.41) is 0. The summed E-state index contributed by atoms with van der Waals surface area (Å²) in [7, 11) is 0. The fourth-order valence-corrected chi connectivity index (χ4v) is 1.53. The van der Waals surface area contributed by atoms with E-state index in [0.717, 1.165) is 0 Å². The SMILES string of the molecule is CCONC(=O)c1ccc(Cn2ccccc2=O)o1. The molecule has 0 bridgehead atoms. The van der Waals surface area contributed by atoms with Gasteiger partial charge in [0.1, 0.15) is 5.76 Å². The summed E-state index contributed by atoms with van der Waals surface area (Å²) >= 11 is 0. The van der Waals surface area contributed by atoms with E-state index in [1.165, 1.54) is 16.7 Å². The van der Waals surface area contributed by atoms with Gasteiger partial charge in [0, 0.05) is 12.3 Å². The molecule has 0 aliphatic rings. The molecule has 0 atom stereocenters. The van der Waals surface area contributed by atoms with Crippen LogP contribution in [0, 0.1) is 0 Å². The van der Waals surface area contributed by atoms with Crippen LogP contribution in [-0.4, -0.2) is 17.1 Å². The van der Waals surface area contributed by atoms with Gasteiger partial charge in [0.05, 0.1) is 13.2 Å². The fourth-order valence-electron chi connectivity index (χ4n) is 1.53. The molecule has 2 aromatic rings. The van der Waals surface area contributed by atoms with Crippen LogP contribution in [0.25, 0.3) is 0 Å². The Bertz CT molecular complexity index is 615. The third-order valence-corrected chi connectivity index (χ3v) is 2.42. The molecule has 0 aliphatic carbocycles. The third kappa shape index (κ3) is 3.32. The van der Waals surface area contributed by atoms with Crippen LogP contribution < -0.4 is 11.0 Å². The number of nitrogens with zero attached hydrogens (tertiary/aromatic N) is 1. The molecule has 0 saturated heterocycles. The third-order valence-electron chi connectivity index (χ3n) is 2.42. The zero-order valence-corrected chi connectivity index (χ0v) is 10.5. The van der Waals surface area contributed by atoms with Gasteiger partial charge in [0.15, 0.2) is 5.76 Å². The summed E-state index contributed by atoms with van der Waals surface area (Å²) in [6, 6.07) is 8.08. The first-order valence-electron chi connectivity index (χ1n) is 5.87. The summed E-state index contributed by atoms with van der Waals surface area (Å²) in [6.45, 7) is 2.41. The summed E-state index contributed by atoms with van der Waals surface area (Å²) in [5.74, 6) is 0.218. The molecule has 19 heavy (non-hydrogen) atoms. The number of furan rings is 1. The Morgan fingerprint density at radius 3 is 2.95 bits per heavy atom. The van der Waals surface area contributed by atoms with E-state index in [4.69, 9.17) is 9.25 Å². The smallest absolute Gasteiger partial charge is 0.310 e. The molecule has 2 rings (SSSR count). The monoisotopic (exact) mass is 262 g/mol. The zero-order valence-electron chi connectivity index (χ0n) is 10.5. The minimum atomic E-state index is -0.450. The van der Waals surface area contributed by atoms with Gasteiger partial charge in [0.2, 0.25) is 0 Å². The quantitative estimate of drug-likeness (QED) is 0.821. The highest BCUT2D eigenvalue weighted by Gasteiger charge is 2.11. The van der Waals surface area contributed by atoms with Crippen molar-refractivity contribution < 1.29 is 14.0 Å². The van der Waals surface area contributed by atoms with Crippen LogP contribution in [0.1, 0.15) is 23.2 Å². The second-order valence-electron chi connectivity index (χ2n) is 3.80. The molecule has 100 valence electrons. The van der Waals surface area contributed by atoms with Crippen LogP contribution in [0.4, 0.5) is 0 Å². The van der Waals surface area contributed by atoms with Gasteiger partial charge in [-0.05, 0) is 25.1 Å². The van der Waals surface area contributed by atoms with Crippen molar-refractivity contribution in [2.75, 3.05) is 6.61 Å². The average molecular weight is 262 g/mol. The summed E-state index contributed by atoms with van der Waals surface area (Å²) in [6.07, 6.45) is 1.66. The second kappa shape index (κ2) is 6.01. The van der Waals surface area contributed by atoms with Crippen molar-refractivity contribution >= 4 is 5.91 Å². The van der Waals surface area contributed by atoms with Gasteiger partial charge >= 0.3 is 5.91 Å². The largest absolute Gasteiger partial charge is 0.454 e. The number of amides is 1. The molecule has 0 unspecified atom stereocenters. The molecule has 0 aliphatic heterocycles. The number of carbonyl (C=O) groups is 1. The first-order chi connectivity index (χ1) is 9.20. The van der Waals surface area contributed by atoms with E-state index in [9.17, 15) is 9.59 Å². The molecule has 6 heteroatoms. The number of nitrogens with one attached hydrogen (secondary N) is 1. The van der Waals surface area contributed by atoms with E-state index in [1.807, 2.05) is 0 Å². The van der Waals surface area contributed by atoms with Crippen LogP contribution in [0.15, 0.2) is 45.7 Å². The van der Waals surface area contributed by atoms with Gasteiger partial charge < -0.3 is 8.98 Å². The Kier molecular flexibility index (Phi) is 4.15. The van der Waals surface area contributed by atoms with Crippen LogP contribution in [-0.2, 0) is 11.4 Å². The van der Waals surface area contributed by atoms with Gasteiger partial charge in [-0.25, -0.2) is 5.48 Å². The average Bonchev–Trinajstić information content (AvgIpc) is 2.87. The van der Waals surface area contributed by atoms with Crippen molar-refractivity contribution in [1.82, 2.24) is 10.0 Å². The number of pyridine rings is 1. The normalized spacial score (nSPS) is 10.4. The lowest BCUT2D eigenvalue weighted by Crippen LogP contribution is -2.23. The molecule has 1 N–H and O–H groups in total. The maximum absolute atomic E-state index is 11.5. The Morgan fingerprint density at radius 1 is 1.37 bits per heavy atom. The Hall–Kier alpha value is -2.34. The molecule has 0 spiro atoms. The number of hydrogen-bond donors (Lipinski definition) is 1. The van der Waals surface area contributed by atoms with Crippen molar-refractivity contribution in [1.29, 1.82) is 0 Å². The first kappa shape index (κ1) is 13.1. The molecule has 6 nitrogen and oxygen atoms in total. The van der Waals surface area contributed by atoms with Gasteiger partial charge in [-0.1, -0.05) is 6.07 Å². The van der Waals surface area contributed by atoms with Gasteiger partial charge in [-0.3, -0.25) is 14.4 Å². The first-order valence-corrected chi connectivity index (χ1v) is 5.87.